The molecule has 0 bridgehead atoms. The fraction of sp³-hybridized carbons (Fsp3) is 0.350. The van der Waals surface area contributed by atoms with Crippen LogP contribution in [-0.4, -0.2) is 15.5 Å². The summed E-state index contributed by atoms with van der Waals surface area (Å²) in [5.41, 5.74) is 2.22. The van der Waals surface area contributed by atoms with Gasteiger partial charge in [0.25, 0.3) is 5.56 Å². The molecule has 0 aliphatic rings. The molecule has 2 aromatic heterocycles. The van der Waals surface area contributed by atoms with Crippen LogP contribution in [0.15, 0.2) is 39.6 Å². The van der Waals surface area contributed by atoms with Crippen molar-refractivity contribution in [2.24, 2.45) is 5.92 Å². The number of rotatable bonds is 6. The highest BCUT2D eigenvalue weighted by Crippen LogP contribution is 2.27. The quantitative estimate of drug-likeness (QED) is 0.719. The van der Waals surface area contributed by atoms with Gasteiger partial charge in [-0.3, -0.25) is 9.59 Å². The molecule has 0 aliphatic heterocycles. The zero-order valence-corrected chi connectivity index (χ0v) is 15.9. The summed E-state index contributed by atoms with van der Waals surface area (Å²) in [6, 6.07) is 8.63. The van der Waals surface area contributed by atoms with Crippen molar-refractivity contribution in [1.82, 2.24) is 9.56 Å². The Balaban J connectivity index is 1.80. The maximum absolute atomic E-state index is 12.1. The number of ether oxygens (including phenoxy) is 1. The van der Waals surface area contributed by atoms with Gasteiger partial charge in [0.2, 0.25) is 5.91 Å². The summed E-state index contributed by atoms with van der Waals surface area (Å²) >= 11 is 0. The van der Waals surface area contributed by atoms with Crippen molar-refractivity contribution in [3.63, 3.8) is 0 Å². The summed E-state index contributed by atoms with van der Waals surface area (Å²) in [5, 5.41) is 2.88. The monoisotopic (exact) mass is 369 g/mol. The van der Waals surface area contributed by atoms with Gasteiger partial charge in [0, 0.05) is 18.6 Å². The number of fused-ring (bicyclic) bond motifs is 1. The van der Waals surface area contributed by atoms with Crippen LogP contribution in [-0.2, 0) is 11.4 Å². The van der Waals surface area contributed by atoms with Crippen molar-refractivity contribution in [3.8, 4) is 5.75 Å². The van der Waals surface area contributed by atoms with Crippen molar-refractivity contribution in [2.45, 2.75) is 40.7 Å². The third-order valence-electron chi connectivity index (χ3n) is 3.90. The molecule has 0 spiro atoms. The molecule has 1 N–H and O–H groups in total. The summed E-state index contributed by atoms with van der Waals surface area (Å²) < 4.78 is 12.3. The molecule has 1 amide bonds. The Hall–Kier alpha value is -3.09. The first-order valence-electron chi connectivity index (χ1n) is 8.84. The average Bonchev–Trinajstić information content (AvgIpc) is 2.95. The van der Waals surface area contributed by atoms with Crippen LogP contribution < -0.4 is 15.6 Å². The van der Waals surface area contributed by atoms with Gasteiger partial charge in [0.05, 0.1) is 11.4 Å². The Morgan fingerprint density at radius 3 is 2.78 bits per heavy atom. The molecule has 7 nitrogen and oxygen atoms in total. The minimum atomic E-state index is -0.304. The van der Waals surface area contributed by atoms with Crippen LogP contribution in [0.5, 0.6) is 5.75 Å². The van der Waals surface area contributed by atoms with Gasteiger partial charge in [-0.25, -0.2) is 4.98 Å². The SMILES string of the molecule is Cc1ccc(NC(=O)CC(C)C)c(OCc2cc(=O)n3oc(C)cc3n2)c1. The van der Waals surface area contributed by atoms with Crippen molar-refractivity contribution in [2.75, 3.05) is 5.32 Å². The number of hydrogen-bond donors (Lipinski definition) is 1. The average molecular weight is 369 g/mol. The number of anilines is 1. The lowest BCUT2D eigenvalue weighted by Gasteiger charge is -2.14. The van der Waals surface area contributed by atoms with Crippen molar-refractivity contribution >= 4 is 17.2 Å². The first-order chi connectivity index (χ1) is 12.8. The van der Waals surface area contributed by atoms with Crippen molar-refractivity contribution in [1.29, 1.82) is 0 Å². The maximum atomic E-state index is 12.1. The molecule has 3 aromatic rings. The van der Waals surface area contributed by atoms with Crippen molar-refractivity contribution < 1.29 is 14.1 Å². The third-order valence-corrected chi connectivity index (χ3v) is 3.90. The van der Waals surface area contributed by atoms with Gasteiger partial charge in [-0.2, -0.15) is 0 Å². The molecule has 0 radical (unpaired) electrons. The molecule has 0 fully saturated rings. The van der Waals surface area contributed by atoms with Crippen LogP contribution in [0.25, 0.3) is 5.65 Å². The molecule has 0 atom stereocenters. The number of carbonyl (C=O) groups is 1. The Labute approximate surface area is 156 Å². The van der Waals surface area contributed by atoms with Gasteiger partial charge in [-0.05, 0) is 37.5 Å². The lowest BCUT2D eigenvalue weighted by Crippen LogP contribution is -2.16. The Morgan fingerprint density at radius 2 is 2.04 bits per heavy atom. The fourth-order valence-electron chi connectivity index (χ4n) is 2.72. The second kappa shape index (κ2) is 7.65. The summed E-state index contributed by atoms with van der Waals surface area (Å²) in [5.74, 6) is 1.34. The Morgan fingerprint density at radius 1 is 1.26 bits per heavy atom. The standard InChI is InChI=1S/C20H23N3O4/c1-12(2)7-19(24)22-16-6-5-13(3)8-17(16)26-11-15-10-20(25)23-18(21-15)9-14(4)27-23/h5-6,8-10,12H,7,11H2,1-4H3,(H,22,24). The van der Waals surface area contributed by atoms with E-state index in [-0.39, 0.29) is 24.0 Å². The zero-order valence-electron chi connectivity index (χ0n) is 15.9. The largest absolute Gasteiger partial charge is 0.485 e. The number of aromatic nitrogens is 2. The third kappa shape index (κ3) is 4.55. The van der Waals surface area contributed by atoms with Crippen LogP contribution in [0.4, 0.5) is 5.69 Å². The molecule has 1 aromatic carbocycles. The molecule has 0 unspecified atom stereocenters. The molecule has 142 valence electrons. The van der Waals surface area contributed by atoms with E-state index in [4.69, 9.17) is 9.26 Å². The van der Waals surface area contributed by atoms with E-state index in [0.29, 0.717) is 35.0 Å². The minimum Gasteiger partial charge on any atom is -0.485 e. The summed E-state index contributed by atoms with van der Waals surface area (Å²) in [6.45, 7) is 7.78. The van der Waals surface area contributed by atoms with Crippen LogP contribution in [0.3, 0.4) is 0 Å². The molecule has 2 heterocycles. The predicted octanol–water partition coefficient (Wildman–Crippen LogP) is 3.47. The van der Waals surface area contributed by atoms with E-state index in [1.165, 1.54) is 6.07 Å². The minimum absolute atomic E-state index is 0.0645. The van der Waals surface area contributed by atoms with E-state index in [9.17, 15) is 9.59 Å². The number of aryl methyl sites for hydroxylation is 2. The molecule has 0 saturated heterocycles. The number of benzene rings is 1. The molecule has 0 saturated carbocycles. The first kappa shape index (κ1) is 18.7. The number of nitrogens with zero attached hydrogens (tertiary/aromatic N) is 2. The number of hydrogen-bond acceptors (Lipinski definition) is 5. The van der Waals surface area contributed by atoms with E-state index in [0.717, 1.165) is 10.1 Å². The van der Waals surface area contributed by atoms with Crippen LogP contribution in [0, 0.1) is 19.8 Å². The van der Waals surface area contributed by atoms with E-state index < -0.39 is 0 Å². The van der Waals surface area contributed by atoms with E-state index >= 15 is 0 Å². The predicted molar refractivity (Wildman–Crippen MR) is 102 cm³/mol. The topological polar surface area (TPSA) is 85.8 Å². The summed E-state index contributed by atoms with van der Waals surface area (Å²) in [6.07, 6.45) is 0.433. The maximum Gasteiger partial charge on any atom is 0.287 e. The fourth-order valence-corrected chi connectivity index (χ4v) is 2.72. The van der Waals surface area contributed by atoms with E-state index in [1.807, 2.05) is 39.0 Å². The highest BCUT2D eigenvalue weighted by Gasteiger charge is 2.12. The zero-order chi connectivity index (χ0) is 19.6. The highest BCUT2D eigenvalue weighted by molar-refractivity contribution is 5.92. The normalized spacial score (nSPS) is 11.1. The van der Waals surface area contributed by atoms with Crippen molar-refractivity contribution in [3.05, 3.63) is 57.7 Å². The van der Waals surface area contributed by atoms with Gasteiger partial charge in [-0.1, -0.05) is 19.9 Å². The second-order valence-corrected chi connectivity index (χ2v) is 7.02. The number of amides is 1. The van der Waals surface area contributed by atoms with Crippen LogP contribution in [0.2, 0.25) is 0 Å². The molecular weight excluding hydrogens is 346 g/mol. The lowest BCUT2D eigenvalue weighted by atomic mass is 10.1. The molecule has 0 aliphatic carbocycles. The molecule has 3 rings (SSSR count). The smallest absolute Gasteiger partial charge is 0.287 e. The van der Waals surface area contributed by atoms with Gasteiger partial charge in [0.15, 0.2) is 5.65 Å². The Bertz CT molecular complexity index is 1030. The van der Waals surface area contributed by atoms with Gasteiger partial charge in [0.1, 0.15) is 18.1 Å². The summed E-state index contributed by atoms with van der Waals surface area (Å²) in [4.78, 5) is 28.6. The van der Waals surface area contributed by atoms with Crippen LogP contribution in [0.1, 0.15) is 37.3 Å². The molecular formula is C20H23N3O4. The van der Waals surface area contributed by atoms with E-state index in [1.54, 1.807) is 13.0 Å². The number of carbonyl (C=O) groups excluding carboxylic acids is 1. The molecule has 27 heavy (non-hydrogen) atoms. The Kier molecular flexibility index (Phi) is 5.30. The van der Waals surface area contributed by atoms with Gasteiger partial charge in [-0.15, -0.1) is 4.57 Å². The summed E-state index contributed by atoms with van der Waals surface area (Å²) in [7, 11) is 0. The van der Waals surface area contributed by atoms with Gasteiger partial charge >= 0.3 is 0 Å². The number of nitrogens with one attached hydrogen (secondary N) is 1. The van der Waals surface area contributed by atoms with Gasteiger partial charge < -0.3 is 14.6 Å². The molecule has 7 heteroatoms. The highest BCUT2D eigenvalue weighted by atomic mass is 16.5. The van der Waals surface area contributed by atoms with Crippen LogP contribution >= 0.6 is 0 Å². The lowest BCUT2D eigenvalue weighted by molar-refractivity contribution is -0.116. The van der Waals surface area contributed by atoms with E-state index in [2.05, 4.69) is 10.3 Å². The second-order valence-electron chi connectivity index (χ2n) is 7.02. The first-order valence-corrected chi connectivity index (χ1v) is 8.84.